The van der Waals surface area contributed by atoms with E-state index in [1.807, 2.05) is 0 Å². The minimum Gasteiger partial charge on any atom is -0.0613 e. The van der Waals surface area contributed by atoms with Gasteiger partial charge in [0.25, 0.3) is 0 Å². The van der Waals surface area contributed by atoms with Crippen LogP contribution in [0.1, 0.15) is 51.3 Å². The van der Waals surface area contributed by atoms with Crippen molar-refractivity contribution in [2.45, 2.75) is 52.9 Å². The zero-order valence-corrected chi connectivity index (χ0v) is 14.5. The van der Waals surface area contributed by atoms with E-state index in [4.69, 9.17) is 0 Å². The molecule has 0 atom stereocenters. The van der Waals surface area contributed by atoms with E-state index in [0.717, 1.165) is 12.8 Å². The molecule has 0 heteroatoms. The molecule has 0 unspecified atom stereocenters. The molecule has 0 fully saturated rings. The Labute approximate surface area is 134 Å². The summed E-state index contributed by atoms with van der Waals surface area (Å²) in [5.74, 6) is 0. The lowest BCUT2D eigenvalue weighted by Gasteiger charge is -2.22. The summed E-state index contributed by atoms with van der Waals surface area (Å²) in [5, 5.41) is 5.49. The number of benzene rings is 3. The number of fused-ring (bicyclic) bond motifs is 2. The smallest absolute Gasteiger partial charge is 0.0126 e. The SMILES string of the molecule is CCc1cc2cc3cccc(C(C)(C)C)c3cc2cc1CC. The van der Waals surface area contributed by atoms with Crippen molar-refractivity contribution in [2.24, 2.45) is 0 Å². The average molecular weight is 290 g/mol. The van der Waals surface area contributed by atoms with Crippen LogP contribution in [0.2, 0.25) is 0 Å². The first-order valence-electron chi connectivity index (χ1n) is 8.42. The zero-order valence-electron chi connectivity index (χ0n) is 14.5. The second kappa shape index (κ2) is 5.43. The maximum Gasteiger partial charge on any atom is -0.0126 e. The van der Waals surface area contributed by atoms with Gasteiger partial charge in [-0.3, -0.25) is 0 Å². The van der Waals surface area contributed by atoms with Crippen LogP contribution in [0.25, 0.3) is 21.5 Å². The van der Waals surface area contributed by atoms with E-state index >= 15 is 0 Å². The van der Waals surface area contributed by atoms with Gasteiger partial charge in [-0.2, -0.15) is 0 Å². The molecule has 0 aromatic heterocycles. The fourth-order valence-corrected chi connectivity index (χ4v) is 3.48. The Balaban J connectivity index is 2.36. The van der Waals surface area contributed by atoms with Crippen LogP contribution in [0.15, 0.2) is 42.5 Å². The minimum absolute atomic E-state index is 0.171. The Hall–Kier alpha value is -1.82. The predicted octanol–water partition coefficient (Wildman–Crippen LogP) is 6.42. The molecular formula is C22H26. The topological polar surface area (TPSA) is 0 Å². The fraction of sp³-hybridized carbons (Fsp3) is 0.364. The summed E-state index contributed by atoms with van der Waals surface area (Å²) >= 11 is 0. The van der Waals surface area contributed by atoms with Gasteiger partial charge in [0.2, 0.25) is 0 Å². The molecule has 0 saturated carbocycles. The van der Waals surface area contributed by atoms with Crippen molar-refractivity contribution >= 4 is 21.5 Å². The van der Waals surface area contributed by atoms with Gasteiger partial charge in [-0.25, -0.2) is 0 Å². The van der Waals surface area contributed by atoms with Crippen LogP contribution in [0.5, 0.6) is 0 Å². The summed E-state index contributed by atoms with van der Waals surface area (Å²) < 4.78 is 0. The third-order valence-electron chi connectivity index (χ3n) is 4.73. The second-order valence-corrected chi connectivity index (χ2v) is 7.30. The van der Waals surface area contributed by atoms with Gasteiger partial charge in [0.05, 0.1) is 0 Å². The highest BCUT2D eigenvalue weighted by Gasteiger charge is 2.17. The zero-order chi connectivity index (χ0) is 15.9. The normalized spacial score (nSPS) is 12.2. The molecule has 3 rings (SSSR count). The first-order chi connectivity index (χ1) is 10.4. The third kappa shape index (κ3) is 2.52. The molecule has 0 heterocycles. The quantitative estimate of drug-likeness (QED) is 0.478. The molecule has 0 nitrogen and oxygen atoms in total. The highest BCUT2D eigenvalue weighted by molar-refractivity contribution is 6.00. The van der Waals surface area contributed by atoms with Crippen molar-refractivity contribution in [1.29, 1.82) is 0 Å². The van der Waals surface area contributed by atoms with E-state index < -0.39 is 0 Å². The van der Waals surface area contributed by atoms with Gasteiger partial charge in [-0.1, -0.05) is 65.0 Å². The van der Waals surface area contributed by atoms with Crippen LogP contribution in [-0.4, -0.2) is 0 Å². The summed E-state index contributed by atoms with van der Waals surface area (Å²) in [7, 11) is 0. The molecule has 0 aliphatic carbocycles. The second-order valence-electron chi connectivity index (χ2n) is 7.30. The van der Waals surface area contributed by atoms with Crippen molar-refractivity contribution in [2.75, 3.05) is 0 Å². The highest BCUT2D eigenvalue weighted by Crippen LogP contribution is 2.33. The van der Waals surface area contributed by atoms with Gasteiger partial charge in [0.1, 0.15) is 0 Å². The highest BCUT2D eigenvalue weighted by atomic mass is 14.2. The Kier molecular flexibility index (Phi) is 3.72. The Morgan fingerprint density at radius 3 is 1.86 bits per heavy atom. The summed E-state index contributed by atoms with van der Waals surface area (Å²) in [4.78, 5) is 0. The first kappa shape index (κ1) is 15.1. The van der Waals surface area contributed by atoms with Crippen LogP contribution < -0.4 is 0 Å². The summed E-state index contributed by atoms with van der Waals surface area (Å²) in [5.41, 5.74) is 4.58. The Bertz CT molecular complexity index is 832. The van der Waals surface area contributed by atoms with Gasteiger partial charge in [-0.15, -0.1) is 0 Å². The molecule has 0 radical (unpaired) electrons. The number of hydrogen-bond acceptors (Lipinski definition) is 0. The lowest BCUT2D eigenvalue weighted by Crippen LogP contribution is -2.11. The Morgan fingerprint density at radius 2 is 1.32 bits per heavy atom. The molecule has 3 aromatic carbocycles. The van der Waals surface area contributed by atoms with E-state index in [-0.39, 0.29) is 5.41 Å². The molecule has 0 saturated heterocycles. The van der Waals surface area contributed by atoms with Crippen molar-refractivity contribution in [3.05, 3.63) is 59.2 Å². The largest absolute Gasteiger partial charge is 0.0613 e. The lowest BCUT2D eigenvalue weighted by atomic mass is 9.83. The number of aryl methyl sites for hydroxylation is 2. The van der Waals surface area contributed by atoms with E-state index in [9.17, 15) is 0 Å². The van der Waals surface area contributed by atoms with Crippen LogP contribution >= 0.6 is 0 Å². The summed E-state index contributed by atoms with van der Waals surface area (Å²) in [6.45, 7) is 11.4. The maximum atomic E-state index is 2.40. The molecule has 0 amide bonds. The number of rotatable bonds is 2. The van der Waals surface area contributed by atoms with Crippen molar-refractivity contribution in [1.82, 2.24) is 0 Å². The molecule has 0 bridgehead atoms. The summed E-state index contributed by atoms with van der Waals surface area (Å²) in [6.07, 6.45) is 2.22. The standard InChI is InChI=1S/C22H26/c1-6-15-11-18-13-17-9-8-10-21(22(3,4)5)20(17)14-19(18)12-16(15)7-2/h8-14H,6-7H2,1-5H3. The minimum atomic E-state index is 0.171. The Morgan fingerprint density at radius 1 is 0.727 bits per heavy atom. The van der Waals surface area contributed by atoms with Gasteiger partial charge in [0, 0.05) is 0 Å². The van der Waals surface area contributed by atoms with Crippen LogP contribution in [0.4, 0.5) is 0 Å². The molecule has 0 N–H and O–H groups in total. The van der Waals surface area contributed by atoms with Gasteiger partial charge < -0.3 is 0 Å². The molecule has 0 aliphatic rings. The van der Waals surface area contributed by atoms with Crippen molar-refractivity contribution < 1.29 is 0 Å². The van der Waals surface area contributed by atoms with E-state index in [0.29, 0.717) is 0 Å². The fourth-order valence-electron chi connectivity index (χ4n) is 3.48. The van der Waals surface area contributed by atoms with E-state index in [2.05, 4.69) is 77.1 Å². The number of hydrogen-bond donors (Lipinski definition) is 0. The van der Waals surface area contributed by atoms with Crippen LogP contribution in [0.3, 0.4) is 0 Å². The van der Waals surface area contributed by atoms with Crippen LogP contribution in [0, 0.1) is 0 Å². The van der Waals surface area contributed by atoms with Crippen molar-refractivity contribution in [3.8, 4) is 0 Å². The van der Waals surface area contributed by atoms with E-state index in [1.165, 1.54) is 38.2 Å². The van der Waals surface area contributed by atoms with E-state index in [1.54, 1.807) is 0 Å². The third-order valence-corrected chi connectivity index (χ3v) is 4.73. The molecular weight excluding hydrogens is 264 g/mol. The van der Waals surface area contributed by atoms with Gasteiger partial charge in [-0.05, 0) is 68.6 Å². The monoisotopic (exact) mass is 290 g/mol. The molecule has 0 aliphatic heterocycles. The van der Waals surface area contributed by atoms with Gasteiger partial charge >= 0.3 is 0 Å². The summed E-state index contributed by atoms with van der Waals surface area (Å²) in [6, 6.07) is 16.2. The molecule has 3 aromatic rings. The molecule has 0 spiro atoms. The molecule has 114 valence electrons. The van der Waals surface area contributed by atoms with Gasteiger partial charge in [0.15, 0.2) is 0 Å². The van der Waals surface area contributed by atoms with Crippen molar-refractivity contribution in [3.63, 3.8) is 0 Å². The molecule has 22 heavy (non-hydrogen) atoms. The predicted molar refractivity (Wildman–Crippen MR) is 98.9 cm³/mol. The average Bonchev–Trinajstić information content (AvgIpc) is 2.49. The lowest BCUT2D eigenvalue weighted by molar-refractivity contribution is 0.596. The van der Waals surface area contributed by atoms with Crippen LogP contribution in [-0.2, 0) is 18.3 Å². The maximum absolute atomic E-state index is 2.40. The first-order valence-corrected chi connectivity index (χ1v) is 8.42.